The zero-order chi connectivity index (χ0) is 16.6. The van der Waals surface area contributed by atoms with Crippen LogP contribution in [0.15, 0.2) is 35.1 Å². The van der Waals surface area contributed by atoms with Gasteiger partial charge in [0.2, 0.25) is 5.91 Å². The van der Waals surface area contributed by atoms with Crippen molar-refractivity contribution in [3.63, 3.8) is 0 Å². The maximum Gasteiger partial charge on any atom is 0.267 e. The SMILES string of the molecule is Cc1ccc(=O)n(CC(=O)N2c3ccc(F)cc3CCC2C)n1. The summed E-state index contributed by atoms with van der Waals surface area (Å²) in [5.41, 5.74) is 1.90. The van der Waals surface area contributed by atoms with Gasteiger partial charge < -0.3 is 4.90 Å². The zero-order valence-electron chi connectivity index (χ0n) is 13.1. The van der Waals surface area contributed by atoms with Crippen molar-refractivity contribution in [2.24, 2.45) is 0 Å². The van der Waals surface area contributed by atoms with E-state index in [1.807, 2.05) is 6.92 Å². The van der Waals surface area contributed by atoms with E-state index in [4.69, 9.17) is 0 Å². The quantitative estimate of drug-likeness (QED) is 0.852. The molecule has 3 rings (SSSR count). The summed E-state index contributed by atoms with van der Waals surface area (Å²) >= 11 is 0. The highest BCUT2D eigenvalue weighted by Gasteiger charge is 2.28. The summed E-state index contributed by atoms with van der Waals surface area (Å²) < 4.78 is 14.6. The molecule has 1 atom stereocenters. The van der Waals surface area contributed by atoms with E-state index in [0.717, 1.165) is 24.1 Å². The fourth-order valence-electron chi connectivity index (χ4n) is 2.97. The number of hydrogen-bond donors (Lipinski definition) is 0. The van der Waals surface area contributed by atoms with E-state index in [1.165, 1.54) is 22.9 Å². The van der Waals surface area contributed by atoms with Gasteiger partial charge in [0.15, 0.2) is 0 Å². The van der Waals surface area contributed by atoms with Crippen LogP contribution < -0.4 is 10.5 Å². The van der Waals surface area contributed by atoms with Crippen LogP contribution in [0.3, 0.4) is 0 Å². The number of benzene rings is 1. The van der Waals surface area contributed by atoms with Crippen LogP contribution in [-0.4, -0.2) is 21.7 Å². The average Bonchev–Trinajstić information content (AvgIpc) is 2.51. The Balaban J connectivity index is 1.93. The molecule has 1 aromatic heterocycles. The number of fused-ring (bicyclic) bond motifs is 1. The first-order valence-electron chi connectivity index (χ1n) is 7.61. The molecule has 2 heterocycles. The minimum Gasteiger partial charge on any atom is -0.308 e. The number of amides is 1. The number of nitrogens with zero attached hydrogens (tertiary/aromatic N) is 3. The van der Waals surface area contributed by atoms with E-state index in [0.29, 0.717) is 5.69 Å². The van der Waals surface area contributed by atoms with Gasteiger partial charge in [-0.25, -0.2) is 9.07 Å². The molecule has 0 saturated heterocycles. The molecule has 0 spiro atoms. The third-order valence-electron chi connectivity index (χ3n) is 4.13. The van der Waals surface area contributed by atoms with Gasteiger partial charge in [-0.05, 0) is 56.5 Å². The first-order valence-corrected chi connectivity index (χ1v) is 7.61. The summed E-state index contributed by atoms with van der Waals surface area (Å²) in [6.45, 7) is 3.60. The molecule has 1 unspecified atom stereocenters. The van der Waals surface area contributed by atoms with Crippen molar-refractivity contribution in [1.29, 1.82) is 0 Å². The molecule has 1 aliphatic heterocycles. The highest BCUT2D eigenvalue weighted by atomic mass is 19.1. The minimum atomic E-state index is -0.312. The van der Waals surface area contributed by atoms with Crippen LogP contribution in [0.4, 0.5) is 10.1 Å². The van der Waals surface area contributed by atoms with Crippen molar-refractivity contribution in [2.45, 2.75) is 39.3 Å². The molecule has 2 aromatic rings. The smallest absolute Gasteiger partial charge is 0.267 e. The molecule has 120 valence electrons. The lowest BCUT2D eigenvalue weighted by Crippen LogP contribution is -2.45. The van der Waals surface area contributed by atoms with Crippen molar-refractivity contribution in [3.05, 3.63) is 57.8 Å². The van der Waals surface area contributed by atoms with Gasteiger partial charge in [0.1, 0.15) is 12.4 Å². The Labute approximate surface area is 133 Å². The maximum absolute atomic E-state index is 13.4. The highest BCUT2D eigenvalue weighted by molar-refractivity contribution is 5.95. The fourth-order valence-corrected chi connectivity index (χ4v) is 2.97. The Kier molecular flexibility index (Phi) is 3.98. The highest BCUT2D eigenvalue weighted by Crippen LogP contribution is 2.31. The van der Waals surface area contributed by atoms with Crippen molar-refractivity contribution in [2.75, 3.05) is 4.90 Å². The van der Waals surface area contributed by atoms with Crippen LogP contribution >= 0.6 is 0 Å². The lowest BCUT2D eigenvalue weighted by atomic mass is 9.96. The summed E-state index contributed by atoms with van der Waals surface area (Å²) in [7, 11) is 0. The third kappa shape index (κ3) is 3.02. The number of anilines is 1. The Bertz CT molecular complexity index is 816. The lowest BCUT2D eigenvalue weighted by Gasteiger charge is -2.35. The third-order valence-corrected chi connectivity index (χ3v) is 4.13. The van der Waals surface area contributed by atoms with Crippen molar-refractivity contribution in [3.8, 4) is 0 Å². The Morgan fingerprint density at radius 3 is 2.91 bits per heavy atom. The monoisotopic (exact) mass is 315 g/mol. The molecule has 1 aliphatic rings. The average molecular weight is 315 g/mol. The van der Waals surface area contributed by atoms with E-state index in [1.54, 1.807) is 24.0 Å². The number of aryl methyl sites for hydroxylation is 2. The molecule has 0 saturated carbocycles. The molecule has 0 fully saturated rings. The summed E-state index contributed by atoms with van der Waals surface area (Å²) in [6.07, 6.45) is 1.50. The predicted molar refractivity (Wildman–Crippen MR) is 84.9 cm³/mol. The molecule has 0 radical (unpaired) electrons. The van der Waals surface area contributed by atoms with E-state index >= 15 is 0 Å². The number of halogens is 1. The van der Waals surface area contributed by atoms with Gasteiger partial charge in [0.05, 0.1) is 5.69 Å². The number of hydrogen-bond acceptors (Lipinski definition) is 3. The van der Waals surface area contributed by atoms with Crippen molar-refractivity contribution < 1.29 is 9.18 Å². The van der Waals surface area contributed by atoms with Crippen LogP contribution in [0.1, 0.15) is 24.6 Å². The van der Waals surface area contributed by atoms with E-state index in [2.05, 4.69) is 5.10 Å². The summed E-state index contributed by atoms with van der Waals surface area (Å²) in [4.78, 5) is 26.2. The van der Waals surface area contributed by atoms with Gasteiger partial charge in [-0.2, -0.15) is 5.10 Å². The van der Waals surface area contributed by atoms with Gasteiger partial charge >= 0.3 is 0 Å². The minimum absolute atomic E-state index is 0.000900. The Hall–Kier alpha value is -2.50. The van der Waals surface area contributed by atoms with Gasteiger partial charge in [0.25, 0.3) is 5.56 Å². The Morgan fingerprint density at radius 2 is 2.13 bits per heavy atom. The first-order chi connectivity index (χ1) is 11.0. The topological polar surface area (TPSA) is 55.2 Å². The normalized spacial score (nSPS) is 17.0. The number of rotatable bonds is 2. The standard InChI is InChI=1S/C17H18FN3O2/c1-11-3-8-16(22)20(19-11)10-17(23)21-12(2)4-5-13-9-14(18)6-7-15(13)21/h3,6-9,12H,4-5,10H2,1-2H3. The molecule has 0 bridgehead atoms. The van der Waals surface area contributed by atoms with E-state index < -0.39 is 0 Å². The Morgan fingerprint density at radius 1 is 1.35 bits per heavy atom. The second-order valence-electron chi connectivity index (χ2n) is 5.90. The molecular weight excluding hydrogens is 297 g/mol. The molecule has 6 heteroatoms. The zero-order valence-corrected chi connectivity index (χ0v) is 13.1. The number of carbonyl (C=O) groups excluding carboxylic acids is 1. The van der Waals surface area contributed by atoms with Gasteiger partial charge in [-0.15, -0.1) is 0 Å². The second-order valence-corrected chi connectivity index (χ2v) is 5.90. The van der Waals surface area contributed by atoms with Crippen LogP contribution in [0.2, 0.25) is 0 Å². The lowest BCUT2D eigenvalue weighted by molar-refractivity contribution is -0.120. The van der Waals surface area contributed by atoms with E-state index in [-0.39, 0.29) is 29.9 Å². The molecule has 0 N–H and O–H groups in total. The summed E-state index contributed by atoms with van der Waals surface area (Å²) in [5, 5.41) is 4.10. The van der Waals surface area contributed by atoms with E-state index in [9.17, 15) is 14.0 Å². The number of carbonyl (C=O) groups is 1. The largest absolute Gasteiger partial charge is 0.308 e. The van der Waals surface area contributed by atoms with Crippen molar-refractivity contribution >= 4 is 11.6 Å². The molecule has 0 aliphatic carbocycles. The second kappa shape index (κ2) is 5.95. The molecule has 5 nitrogen and oxygen atoms in total. The maximum atomic E-state index is 13.4. The molecular formula is C17H18FN3O2. The van der Waals surface area contributed by atoms with Gasteiger partial charge in [0, 0.05) is 17.8 Å². The van der Waals surface area contributed by atoms with Gasteiger partial charge in [-0.3, -0.25) is 9.59 Å². The van der Waals surface area contributed by atoms with Crippen LogP contribution in [0.25, 0.3) is 0 Å². The summed E-state index contributed by atoms with van der Waals surface area (Å²) in [5.74, 6) is -0.521. The van der Waals surface area contributed by atoms with Gasteiger partial charge in [-0.1, -0.05) is 0 Å². The van der Waals surface area contributed by atoms with Crippen LogP contribution in [0, 0.1) is 12.7 Å². The summed E-state index contributed by atoms with van der Waals surface area (Å²) in [6, 6.07) is 7.47. The molecule has 1 aromatic carbocycles. The molecule has 1 amide bonds. The fraction of sp³-hybridized carbons (Fsp3) is 0.353. The van der Waals surface area contributed by atoms with Crippen LogP contribution in [-0.2, 0) is 17.8 Å². The molecule has 23 heavy (non-hydrogen) atoms. The van der Waals surface area contributed by atoms with Crippen LogP contribution in [0.5, 0.6) is 0 Å². The predicted octanol–water partition coefficient (Wildman–Crippen LogP) is 2.06. The first kappa shape index (κ1) is 15.4. The van der Waals surface area contributed by atoms with Crippen molar-refractivity contribution in [1.82, 2.24) is 9.78 Å². The number of aromatic nitrogens is 2.